The van der Waals surface area contributed by atoms with E-state index < -0.39 is 0 Å². The summed E-state index contributed by atoms with van der Waals surface area (Å²) < 4.78 is 5.11. The molecule has 0 aliphatic rings. The SMILES string of the molecule is CCO/C=C(\C(C)=O)c1ccncc1. The summed E-state index contributed by atoms with van der Waals surface area (Å²) in [7, 11) is 0. The fraction of sp³-hybridized carbons (Fsp3) is 0.273. The maximum atomic E-state index is 11.3. The lowest BCUT2D eigenvalue weighted by atomic mass is 10.1. The van der Waals surface area contributed by atoms with E-state index in [1.54, 1.807) is 24.5 Å². The molecule has 0 bridgehead atoms. The third-order valence-electron chi connectivity index (χ3n) is 1.74. The first kappa shape index (κ1) is 10.4. The topological polar surface area (TPSA) is 39.2 Å². The Morgan fingerprint density at radius 2 is 2.14 bits per heavy atom. The van der Waals surface area contributed by atoms with Crippen molar-refractivity contribution < 1.29 is 9.53 Å². The van der Waals surface area contributed by atoms with Gasteiger partial charge in [-0.1, -0.05) is 0 Å². The van der Waals surface area contributed by atoms with Crippen LogP contribution in [-0.4, -0.2) is 17.4 Å². The molecule has 0 spiro atoms. The van der Waals surface area contributed by atoms with Crippen LogP contribution in [0.4, 0.5) is 0 Å². The van der Waals surface area contributed by atoms with E-state index >= 15 is 0 Å². The van der Waals surface area contributed by atoms with Gasteiger partial charge in [0.25, 0.3) is 0 Å². The van der Waals surface area contributed by atoms with Crippen LogP contribution in [0.3, 0.4) is 0 Å². The molecule has 3 heteroatoms. The van der Waals surface area contributed by atoms with Crippen LogP contribution in [0.2, 0.25) is 0 Å². The average molecular weight is 191 g/mol. The summed E-state index contributed by atoms with van der Waals surface area (Å²) in [5.74, 6) is -0.00958. The van der Waals surface area contributed by atoms with Crippen molar-refractivity contribution in [3.63, 3.8) is 0 Å². The van der Waals surface area contributed by atoms with Gasteiger partial charge in [0.15, 0.2) is 5.78 Å². The lowest BCUT2D eigenvalue weighted by molar-refractivity contribution is -0.111. The third kappa shape index (κ3) is 2.69. The Balaban J connectivity index is 2.95. The summed E-state index contributed by atoms with van der Waals surface area (Å²) in [6, 6.07) is 3.57. The average Bonchev–Trinajstić information content (AvgIpc) is 2.19. The molecular weight excluding hydrogens is 178 g/mol. The normalized spacial score (nSPS) is 11.1. The van der Waals surface area contributed by atoms with Crippen molar-refractivity contribution in [3.05, 3.63) is 36.4 Å². The minimum atomic E-state index is -0.00958. The monoisotopic (exact) mass is 191 g/mol. The lowest BCUT2D eigenvalue weighted by Gasteiger charge is -2.03. The van der Waals surface area contributed by atoms with Crippen LogP contribution in [0.1, 0.15) is 19.4 Å². The number of aromatic nitrogens is 1. The number of hydrogen-bond acceptors (Lipinski definition) is 3. The van der Waals surface area contributed by atoms with Crippen molar-refractivity contribution in [1.82, 2.24) is 4.98 Å². The zero-order valence-electron chi connectivity index (χ0n) is 8.36. The van der Waals surface area contributed by atoms with Crippen LogP contribution in [0.25, 0.3) is 5.57 Å². The highest BCUT2D eigenvalue weighted by Gasteiger charge is 2.06. The second-order valence-electron chi connectivity index (χ2n) is 2.78. The Labute approximate surface area is 83.4 Å². The maximum Gasteiger partial charge on any atom is 0.163 e. The van der Waals surface area contributed by atoms with Crippen molar-refractivity contribution in [1.29, 1.82) is 0 Å². The molecule has 0 aromatic carbocycles. The third-order valence-corrected chi connectivity index (χ3v) is 1.74. The van der Waals surface area contributed by atoms with Gasteiger partial charge in [-0.2, -0.15) is 0 Å². The minimum absolute atomic E-state index is 0.00958. The standard InChI is InChI=1S/C11H13NO2/c1-3-14-8-11(9(2)13)10-4-6-12-7-5-10/h4-8H,3H2,1-2H3/b11-8+. The summed E-state index contributed by atoms with van der Waals surface area (Å²) >= 11 is 0. The molecule has 14 heavy (non-hydrogen) atoms. The van der Waals surface area contributed by atoms with Gasteiger partial charge in [-0.05, 0) is 31.5 Å². The predicted octanol–water partition coefficient (Wildman–Crippen LogP) is 2.05. The zero-order valence-corrected chi connectivity index (χ0v) is 8.36. The highest BCUT2D eigenvalue weighted by atomic mass is 16.5. The van der Waals surface area contributed by atoms with E-state index in [2.05, 4.69) is 4.98 Å². The van der Waals surface area contributed by atoms with Gasteiger partial charge in [-0.3, -0.25) is 9.78 Å². The summed E-state index contributed by atoms with van der Waals surface area (Å²) in [6.45, 7) is 3.95. The fourth-order valence-corrected chi connectivity index (χ4v) is 1.05. The van der Waals surface area contributed by atoms with Gasteiger partial charge < -0.3 is 4.74 Å². The lowest BCUT2D eigenvalue weighted by Crippen LogP contribution is -1.97. The molecule has 0 atom stereocenters. The molecule has 0 radical (unpaired) electrons. The first-order valence-electron chi connectivity index (χ1n) is 4.48. The maximum absolute atomic E-state index is 11.3. The van der Waals surface area contributed by atoms with E-state index in [0.29, 0.717) is 12.2 Å². The molecule has 0 aliphatic carbocycles. The highest BCUT2D eigenvalue weighted by Crippen LogP contribution is 2.14. The van der Waals surface area contributed by atoms with Crippen molar-refractivity contribution in [2.75, 3.05) is 6.61 Å². The number of Topliss-reactive ketones (excluding diaryl/α,β-unsaturated/α-hetero) is 1. The molecular formula is C11H13NO2. The summed E-state index contributed by atoms with van der Waals surface area (Å²) in [4.78, 5) is 15.2. The predicted molar refractivity (Wildman–Crippen MR) is 54.5 cm³/mol. The minimum Gasteiger partial charge on any atom is -0.501 e. The van der Waals surface area contributed by atoms with E-state index in [9.17, 15) is 4.79 Å². The van der Waals surface area contributed by atoms with Gasteiger partial charge in [0.1, 0.15) is 0 Å². The van der Waals surface area contributed by atoms with Crippen LogP contribution >= 0.6 is 0 Å². The second kappa shape index (κ2) is 5.17. The van der Waals surface area contributed by atoms with Gasteiger partial charge >= 0.3 is 0 Å². The molecule has 1 rings (SSSR count). The van der Waals surface area contributed by atoms with Crippen LogP contribution in [0.15, 0.2) is 30.8 Å². The molecule has 0 aliphatic heterocycles. The van der Waals surface area contributed by atoms with Gasteiger partial charge in [0.2, 0.25) is 0 Å². The first-order valence-corrected chi connectivity index (χ1v) is 4.48. The second-order valence-corrected chi connectivity index (χ2v) is 2.78. The van der Waals surface area contributed by atoms with E-state index in [-0.39, 0.29) is 5.78 Å². The molecule has 0 amide bonds. The molecule has 0 saturated carbocycles. The van der Waals surface area contributed by atoms with Gasteiger partial charge in [-0.25, -0.2) is 0 Å². The number of allylic oxidation sites excluding steroid dienone is 1. The highest BCUT2D eigenvalue weighted by molar-refractivity contribution is 6.19. The Morgan fingerprint density at radius 3 is 2.64 bits per heavy atom. The number of carbonyl (C=O) groups is 1. The summed E-state index contributed by atoms with van der Waals surface area (Å²) in [5.41, 5.74) is 1.41. The summed E-state index contributed by atoms with van der Waals surface area (Å²) in [6.07, 6.45) is 4.80. The molecule has 1 heterocycles. The van der Waals surface area contributed by atoms with Crippen molar-refractivity contribution in [2.24, 2.45) is 0 Å². The zero-order chi connectivity index (χ0) is 10.4. The smallest absolute Gasteiger partial charge is 0.163 e. The molecule has 74 valence electrons. The Morgan fingerprint density at radius 1 is 1.50 bits per heavy atom. The van der Waals surface area contributed by atoms with Gasteiger partial charge in [-0.15, -0.1) is 0 Å². The number of carbonyl (C=O) groups excluding carboxylic acids is 1. The Kier molecular flexibility index (Phi) is 3.85. The van der Waals surface area contributed by atoms with E-state index in [4.69, 9.17) is 4.74 Å². The van der Waals surface area contributed by atoms with Crippen LogP contribution in [-0.2, 0) is 9.53 Å². The molecule has 1 aromatic rings. The molecule has 0 N–H and O–H groups in total. The van der Waals surface area contributed by atoms with Crippen molar-refractivity contribution >= 4 is 11.4 Å². The Bertz CT molecular complexity index is 330. The number of hydrogen-bond donors (Lipinski definition) is 0. The van der Waals surface area contributed by atoms with Crippen molar-refractivity contribution in [2.45, 2.75) is 13.8 Å². The Hall–Kier alpha value is -1.64. The number of rotatable bonds is 4. The van der Waals surface area contributed by atoms with Crippen LogP contribution in [0, 0.1) is 0 Å². The number of ether oxygens (including phenoxy) is 1. The number of ketones is 1. The first-order chi connectivity index (χ1) is 6.75. The molecule has 0 unspecified atom stereocenters. The molecule has 3 nitrogen and oxygen atoms in total. The van der Waals surface area contributed by atoms with Crippen LogP contribution in [0.5, 0.6) is 0 Å². The molecule has 1 aromatic heterocycles. The largest absolute Gasteiger partial charge is 0.501 e. The molecule has 0 fully saturated rings. The molecule has 0 saturated heterocycles. The number of nitrogens with zero attached hydrogens (tertiary/aromatic N) is 1. The van der Waals surface area contributed by atoms with Gasteiger partial charge in [0, 0.05) is 12.4 Å². The quantitative estimate of drug-likeness (QED) is 0.540. The fourth-order valence-electron chi connectivity index (χ4n) is 1.05. The number of pyridine rings is 1. The summed E-state index contributed by atoms with van der Waals surface area (Å²) in [5, 5.41) is 0. The van der Waals surface area contributed by atoms with Gasteiger partial charge in [0.05, 0.1) is 18.4 Å². The van der Waals surface area contributed by atoms with E-state index in [1.165, 1.54) is 13.2 Å². The van der Waals surface area contributed by atoms with E-state index in [1.807, 2.05) is 6.92 Å². The van der Waals surface area contributed by atoms with Crippen molar-refractivity contribution in [3.8, 4) is 0 Å². The van der Waals surface area contributed by atoms with Crippen LogP contribution < -0.4 is 0 Å². The van der Waals surface area contributed by atoms with E-state index in [0.717, 1.165) is 5.56 Å².